The fourth-order valence-electron chi connectivity index (χ4n) is 2.77. The Kier molecular flexibility index (Phi) is 6.98. The SMILES string of the molecule is CC(=O)c1cccc(OCCCC(=O)N(C)CC(=O)N2CCCC2)c1. The van der Waals surface area contributed by atoms with Gasteiger partial charge >= 0.3 is 0 Å². The van der Waals surface area contributed by atoms with E-state index in [1.165, 1.54) is 11.8 Å². The van der Waals surface area contributed by atoms with Gasteiger partial charge in [0.25, 0.3) is 0 Å². The smallest absolute Gasteiger partial charge is 0.242 e. The molecular weight excluding hydrogens is 320 g/mol. The fraction of sp³-hybridized carbons (Fsp3) is 0.526. The van der Waals surface area contributed by atoms with Gasteiger partial charge in [-0.15, -0.1) is 0 Å². The van der Waals surface area contributed by atoms with Gasteiger partial charge < -0.3 is 14.5 Å². The van der Waals surface area contributed by atoms with Crippen molar-refractivity contribution in [2.75, 3.05) is 33.3 Å². The van der Waals surface area contributed by atoms with E-state index in [1.807, 2.05) is 4.90 Å². The number of ketones is 1. The Hall–Kier alpha value is -2.37. The van der Waals surface area contributed by atoms with E-state index in [2.05, 4.69) is 0 Å². The minimum atomic E-state index is -0.0615. The van der Waals surface area contributed by atoms with Crippen molar-refractivity contribution in [2.24, 2.45) is 0 Å². The number of nitrogens with zero attached hydrogens (tertiary/aromatic N) is 2. The maximum Gasteiger partial charge on any atom is 0.242 e. The molecule has 0 spiro atoms. The van der Waals surface area contributed by atoms with Crippen molar-refractivity contribution in [3.63, 3.8) is 0 Å². The zero-order valence-electron chi connectivity index (χ0n) is 15.0. The van der Waals surface area contributed by atoms with E-state index in [-0.39, 0.29) is 24.1 Å². The van der Waals surface area contributed by atoms with Gasteiger partial charge in [-0.1, -0.05) is 12.1 Å². The molecule has 1 aromatic carbocycles. The molecule has 1 heterocycles. The van der Waals surface area contributed by atoms with E-state index >= 15 is 0 Å². The van der Waals surface area contributed by atoms with Gasteiger partial charge in [-0.2, -0.15) is 0 Å². The van der Waals surface area contributed by atoms with Gasteiger partial charge in [-0.05, 0) is 38.3 Å². The molecule has 0 N–H and O–H groups in total. The van der Waals surface area contributed by atoms with E-state index in [1.54, 1.807) is 31.3 Å². The van der Waals surface area contributed by atoms with Gasteiger partial charge in [0, 0.05) is 32.1 Å². The third-order valence-corrected chi connectivity index (χ3v) is 4.30. The highest BCUT2D eigenvalue weighted by atomic mass is 16.5. The third-order valence-electron chi connectivity index (χ3n) is 4.30. The van der Waals surface area contributed by atoms with Crippen LogP contribution in [0, 0.1) is 0 Å². The Balaban J connectivity index is 1.68. The summed E-state index contributed by atoms with van der Waals surface area (Å²) in [6.07, 6.45) is 2.98. The van der Waals surface area contributed by atoms with Crippen LogP contribution < -0.4 is 4.74 Å². The summed E-state index contributed by atoms with van der Waals surface area (Å²) in [5.41, 5.74) is 0.605. The van der Waals surface area contributed by atoms with Crippen LogP contribution in [0.2, 0.25) is 0 Å². The lowest BCUT2D eigenvalue weighted by molar-refractivity contribution is -0.138. The summed E-state index contributed by atoms with van der Waals surface area (Å²) in [6, 6.07) is 7.00. The van der Waals surface area contributed by atoms with Crippen LogP contribution in [0.1, 0.15) is 43.0 Å². The number of Topliss-reactive ketones (excluding diaryl/α,β-unsaturated/α-hetero) is 1. The van der Waals surface area contributed by atoms with E-state index in [0.717, 1.165) is 25.9 Å². The summed E-state index contributed by atoms with van der Waals surface area (Å²) < 4.78 is 5.59. The molecule has 1 aliphatic rings. The molecule has 1 saturated heterocycles. The highest BCUT2D eigenvalue weighted by Gasteiger charge is 2.20. The maximum atomic E-state index is 12.1. The Morgan fingerprint density at radius 3 is 2.60 bits per heavy atom. The summed E-state index contributed by atoms with van der Waals surface area (Å²) in [7, 11) is 1.66. The Morgan fingerprint density at radius 1 is 1.20 bits per heavy atom. The van der Waals surface area contributed by atoms with Crippen LogP contribution in [0.4, 0.5) is 0 Å². The quantitative estimate of drug-likeness (QED) is 0.534. The van der Waals surface area contributed by atoms with Gasteiger partial charge in [-0.25, -0.2) is 0 Å². The van der Waals surface area contributed by atoms with Crippen LogP contribution in [0.15, 0.2) is 24.3 Å². The van der Waals surface area contributed by atoms with Crippen LogP contribution in [0.25, 0.3) is 0 Å². The number of benzene rings is 1. The highest BCUT2D eigenvalue weighted by molar-refractivity contribution is 5.94. The Labute approximate surface area is 148 Å². The molecule has 0 unspecified atom stereocenters. The van der Waals surface area contributed by atoms with Crippen LogP contribution in [-0.2, 0) is 9.59 Å². The fourth-order valence-corrected chi connectivity index (χ4v) is 2.77. The van der Waals surface area contributed by atoms with Crippen molar-refractivity contribution in [1.82, 2.24) is 9.80 Å². The van der Waals surface area contributed by atoms with E-state index < -0.39 is 0 Å². The molecule has 0 radical (unpaired) electrons. The van der Waals surface area contributed by atoms with Crippen LogP contribution in [0.3, 0.4) is 0 Å². The predicted octanol–water partition coefficient (Wildman–Crippen LogP) is 2.13. The molecular formula is C19H26N2O4. The number of carbonyl (C=O) groups excluding carboxylic acids is 3. The number of likely N-dealkylation sites (N-methyl/N-ethyl adjacent to an activating group) is 1. The molecule has 2 amide bonds. The summed E-state index contributed by atoms with van der Waals surface area (Å²) in [5.74, 6) is 0.571. The van der Waals surface area contributed by atoms with E-state index in [4.69, 9.17) is 4.74 Å². The standard InChI is InChI=1S/C19H26N2O4/c1-15(22)16-7-5-8-17(13-16)25-12-6-9-18(23)20(2)14-19(24)21-10-3-4-11-21/h5,7-8,13H,3-4,6,9-12,14H2,1-2H3. The number of amides is 2. The lowest BCUT2D eigenvalue weighted by Gasteiger charge is -2.21. The minimum absolute atomic E-state index is 0.00933. The first-order valence-electron chi connectivity index (χ1n) is 8.73. The monoisotopic (exact) mass is 346 g/mol. The molecule has 0 aliphatic carbocycles. The molecule has 6 heteroatoms. The average molecular weight is 346 g/mol. The molecule has 6 nitrogen and oxygen atoms in total. The maximum absolute atomic E-state index is 12.1. The van der Waals surface area contributed by atoms with Gasteiger partial charge in [0.15, 0.2) is 5.78 Å². The molecule has 0 aromatic heterocycles. The molecule has 1 aromatic rings. The second-order valence-corrected chi connectivity index (χ2v) is 6.37. The minimum Gasteiger partial charge on any atom is -0.494 e. The Morgan fingerprint density at radius 2 is 1.92 bits per heavy atom. The summed E-state index contributed by atoms with van der Waals surface area (Å²) in [4.78, 5) is 38.8. The summed E-state index contributed by atoms with van der Waals surface area (Å²) in [6.45, 7) is 3.64. The van der Waals surface area contributed by atoms with Crippen LogP contribution >= 0.6 is 0 Å². The first-order valence-corrected chi connectivity index (χ1v) is 8.73. The lowest BCUT2D eigenvalue weighted by Crippen LogP contribution is -2.39. The molecule has 0 saturated carbocycles. The van der Waals surface area contributed by atoms with Crippen molar-refractivity contribution < 1.29 is 19.1 Å². The molecule has 1 aliphatic heterocycles. The summed E-state index contributed by atoms with van der Waals surface area (Å²) in [5, 5.41) is 0. The topological polar surface area (TPSA) is 66.9 Å². The lowest BCUT2D eigenvalue weighted by atomic mass is 10.1. The van der Waals surface area contributed by atoms with Gasteiger partial charge in [0.1, 0.15) is 5.75 Å². The zero-order chi connectivity index (χ0) is 18.2. The van der Waals surface area contributed by atoms with Crippen molar-refractivity contribution in [2.45, 2.75) is 32.6 Å². The third kappa shape index (κ3) is 5.89. The number of ether oxygens (including phenoxy) is 1. The predicted molar refractivity (Wildman–Crippen MR) is 94.6 cm³/mol. The zero-order valence-corrected chi connectivity index (χ0v) is 15.0. The average Bonchev–Trinajstić information content (AvgIpc) is 3.13. The number of hydrogen-bond donors (Lipinski definition) is 0. The molecule has 1 fully saturated rings. The largest absolute Gasteiger partial charge is 0.494 e. The number of hydrogen-bond acceptors (Lipinski definition) is 4. The van der Waals surface area contributed by atoms with Crippen LogP contribution in [-0.4, -0.2) is 60.7 Å². The van der Waals surface area contributed by atoms with Crippen molar-refractivity contribution >= 4 is 17.6 Å². The van der Waals surface area contributed by atoms with E-state index in [9.17, 15) is 14.4 Å². The Bertz CT molecular complexity index is 624. The summed E-state index contributed by atoms with van der Waals surface area (Å²) >= 11 is 0. The molecule has 25 heavy (non-hydrogen) atoms. The molecule has 0 atom stereocenters. The first kappa shape index (κ1) is 19.0. The first-order chi connectivity index (χ1) is 12.0. The highest BCUT2D eigenvalue weighted by Crippen LogP contribution is 2.14. The number of carbonyl (C=O) groups is 3. The van der Waals surface area contributed by atoms with Crippen LogP contribution in [0.5, 0.6) is 5.75 Å². The van der Waals surface area contributed by atoms with Gasteiger partial charge in [0.05, 0.1) is 13.2 Å². The second kappa shape index (κ2) is 9.20. The van der Waals surface area contributed by atoms with Crippen molar-refractivity contribution in [1.29, 1.82) is 0 Å². The van der Waals surface area contributed by atoms with E-state index in [0.29, 0.717) is 30.8 Å². The normalized spacial score (nSPS) is 13.6. The molecule has 2 rings (SSSR count). The van der Waals surface area contributed by atoms with Gasteiger partial charge in [0.2, 0.25) is 11.8 Å². The molecule has 0 bridgehead atoms. The second-order valence-electron chi connectivity index (χ2n) is 6.37. The molecule has 136 valence electrons. The number of rotatable bonds is 8. The number of likely N-dealkylation sites (tertiary alicyclic amines) is 1. The van der Waals surface area contributed by atoms with Crippen molar-refractivity contribution in [3.05, 3.63) is 29.8 Å². The van der Waals surface area contributed by atoms with Gasteiger partial charge in [-0.3, -0.25) is 14.4 Å². The van der Waals surface area contributed by atoms with Crippen molar-refractivity contribution in [3.8, 4) is 5.75 Å².